The number of nitro groups is 1. The van der Waals surface area contributed by atoms with Crippen molar-refractivity contribution in [2.75, 3.05) is 0 Å². The average molecular weight is 252 g/mol. The van der Waals surface area contributed by atoms with Crippen LogP contribution in [0.1, 0.15) is 38.8 Å². The van der Waals surface area contributed by atoms with Crippen LogP contribution < -0.4 is 5.32 Å². The fourth-order valence-corrected chi connectivity index (χ4v) is 2.12. The van der Waals surface area contributed by atoms with Crippen LogP contribution in [0.4, 0.5) is 5.69 Å². The highest BCUT2D eigenvalue weighted by Gasteiger charge is 2.19. The molecule has 0 bridgehead atoms. The Morgan fingerprint density at radius 3 is 2.50 bits per heavy atom. The van der Waals surface area contributed by atoms with E-state index in [1.54, 1.807) is 25.1 Å². The Labute approximate surface area is 107 Å². The third-order valence-electron chi connectivity index (χ3n) is 2.83. The van der Waals surface area contributed by atoms with Crippen LogP contribution in [-0.4, -0.2) is 22.2 Å². The van der Waals surface area contributed by atoms with Gasteiger partial charge in [0.2, 0.25) is 0 Å². The van der Waals surface area contributed by atoms with Gasteiger partial charge in [0.25, 0.3) is 5.69 Å². The number of nitro benzene ring substituents is 1. The van der Waals surface area contributed by atoms with Crippen molar-refractivity contribution in [3.8, 4) is 0 Å². The molecule has 100 valence electrons. The monoisotopic (exact) mass is 252 g/mol. The summed E-state index contributed by atoms with van der Waals surface area (Å²) in [6.45, 7) is 5.58. The zero-order valence-electron chi connectivity index (χ0n) is 11.0. The molecular weight excluding hydrogens is 232 g/mol. The summed E-state index contributed by atoms with van der Waals surface area (Å²) in [7, 11) is 0. The predicted octanol–water partition coefficient (Wildman–Crippen LogP) is 2.40. The first kappa shape index (κ1) is 14.6. The lowest BCUT2D eigenvalue weighted by Gasteiger charge is -2.21. The lowest BCUT2D eigenvalue weighted by molar-refractivity contribution is -0.385. The van der Waals surface area contributed by atoms with E-state index in [0.717, 1.165) is 0 Å². The minimum Gasteiger partial charge on any atom is -0.393 e. The summed E-state index contributed by atoms with van der Waals surface area (Å²) in [6.07, 6.45) is 0.232. The summed E-state index contributed by atoms with van der Waals surface area (Å²) >= 11 is 0. The van der Waals surface area contributed by atoms with Gasteiger partial charge in [-0.3, -0.25) is 10.1 Å². The summed E-state index contributed by atoms with van der Waals surface area (Å²) in [5.74, 6) is 0. The largest absolute Gasteiger partial charge is 0.393 e. The van der Waals surface area contributed by atoms with Crippen LogP contribution in [0.2, 0.25) is 0 Å². The highest BCUT2D eigenvalue weighted by atomic mass is 16.6. The Morgan fingerprint density at radius 2 is 1.94 bits per heavy atom. The van der Waals surface area contributed by atoms with Crippen molar-refractivity contribution in [3.05, 3.63) is 39.9 Å². The molecule has 0 fully saturated rings. The summed E-state index contributed by atoms with van der Waals surface area (Å²) in [6, 6.07) is 6.69. The molecule has 1 aromatic rings. The number of nitrogens with zero attached hydrogens (tertiary/aromatic N) is 1. The van der Waals surface area contributed by atoms with E-state index in [1.807, 2.05) is 13.8 Å². The summed E-state index contributed by atoms with van der Waals surface area (Å²) in [5, 5.41) is 23.5. The third kappa shape index (κ3) is 4.09. The van der Waals surface area contributed by atoms with Gasteiger partial charge < -0.3 is 10.4 Å². The highest BCUT2D eigenvalue weighted by Crippen LogP contribution is 2.24. The van der Waals surface area contributed by atoms with Gasteiger partial charge in [0.1, 0.15) is 0 Å². The second-order valence-electron chi connectivity index (χ2n) is 4.69. The van der Waals surface area contributed by atoms with E-state index in [1.165, 1.54) is 6.07 Å². The molecule has 0 amide bonds. The van der Waals surface area contributed by atoms with Crippen LogP contribution in [0.25, 0.3) is 0 Å². The maximum Gasteiger partial charge on any atom is 0.274 e. The Balaban J connectivity index is 2.78. The van der Waals surface area contributed by atoms with Gasteiger partial charge in [-0.25, -0.2) is 0 Å². The van der Waals surface area contributed by atoms with Crippen molar-refractivity contribution in [1.29, 1.82) is 0 Å². The maximum absolute atomic E-state index is 10.9. The van der Waals surface area contributed by atoms with Crippen molar-refractivity contribution < 1.29 is 10.0 Å². The molecule has 0 saturated carbocycles. The van der Waals surface area contributed by atoms with Crippen molar-refractivity contribution in [2.45, 2.75) is 45.4 Å². The molecule has 0 aromatic heterocycles. The molecule has 1 aromatic carbocycles. The Morgan fingerprint density at radius 1 is 1.33 bits per heavy atom. The topological polar surface area (TPSA) is 75.4 Å². The van der Waals surface area contributed by atoms with Crippen LogP contribution in [-0.2, 0) is 0 Å². The normalized spacial score (nSPS) is 16.0. The van der Waals surface area contributed by atoms with Crippen LogP contribution >= 0.6 is 0 Å². The first-order chi connectivity index (χ1) is 8.41. The molecule has 1 rings (SSSR count). The van der Waals surface area contributed by atoms with Gasteiger partial charge in [-0.05, 0) is 27.2 Å². The SMILES string of the molecule is CC(O)CC(C)NC(C)c1ccccc1[N+](=O)[O-]. The fraction of sp³-hybridized carbons (Fsp3) is 0.538. The van der Waals surface area contributed by atoms with E-state index in [-0.39, 0.29) is 28.8 Å². The standard InChI is InChI=1S/C13H20N2O3/c1-9(8-10(2)16)14-11(3)12-6-4-5-7-13(12)15(17)18/h4-7,9-11,14,16H,8H2,1-3H3. The number of benzene rings is 1. The number of nitrogens with one attached hydrogen (secondary N) is 1. The second kappa shape index (κ2) is 6.47. The molecule has 18 heavy (non-hydrogen) atoms. The van der Waals surface area contributed by atoms with E-state index >= 15 is 0 Å². The Hall–Kier alpha value is -1.46. The molecule has 0 spiro atoms. The fourth-order valence-electron chi connectivity index (χ4n) is 2.12. The van der Waals surface area contributed by atoms with Crippen LogP contribution in [0, 0.1) is 10.1 Å². The molecular formula is C13H20N2O3. The van der Waals surface area contributed by atoms with Gasteiger partial charge in [0.05, 0.1) is 11.0 Å². The molecule has 0 aliphatic heterocycles. The molecule has 0 heterocycles. The Kier molecular flexibility index (Phi) is 5.25. The third-order valence-corrected chi connectivity index (χ3v) is 2.83. The smallest absolute Gasteiger partial charge is 0.274 e. The van der Waals surface area contributed by atoms with Gasteiger partial charge in [0, 0.05) is 23.7 Å². The number of rotatable bonds is 6. The molecule has 0 aliphatic carbocycles. The number of aliphatic hydroxyl groups excluding tert-OH is 1. The van der Waals surface area contributed by atoms with E-state index in [9.17, 15) is 15.2 Å². The zero-order valence-corrected chi connectivity index (χ0v) is 11.0. The van der Waals surface area contributed by atoms with Crippen molar-refractivity contribution in [3.63, 3.8) is 0 Å². The number of para-hydroxylation sites is 1. The first-order valence-electron chi connectivity index (χ1n) is 6.09. The quantitative estimate of drug-likeness (QED) is 0.602. The van der Waals surface area contributed by atoms with Gasteiger partial charge in [-0.2, -0.15) is 0 Å². The van der Waals surface area contributed by atoms with Crippen LogP contribution in [0.15, 0.2) is 24.3 Å². The first-order valence-corrected chi connectivity index (χ1v) is 6.09. The lowest BCUT2D eigenvalue weighted by Crippen LogP contribution is -2.31. The minimum atomic E-state index is -0.384. The van der Waals surface area contributed by atoms with Crippen molar-refractivity contribution in [1.82, 2.24) is 5.32 Å². The van der Waals surface area contributed by atoms with Gasteiger partial charge >= 0.3 is 0 Å². The molecule has 5 nitrogen and oxygen atoms in total. The van der Waals surface area contributed by atoms with Gasteiger partial charge in [-0.15, -0.1) is 0 Å². The number of aliphatic hydroxyl groups is 1. The highest BCUT2D eigenvalue weighted by molar-refractivity contribution is 5.41. The van der Waals surface area contributed by atoms with Crippen molar-refractivity contribution in [2.24, 2.45) is 0 Å². The van der Waals surface area contributed by atoms with E-state index < -0.39 is 0 Å². The second-order valence-corrected chi connectivity index (χ2v) is 4.69. The Bertz CT molecular complexity index is 407. The number of hydrogen-bond donors (Lipinski definition) is 2. The molecule has 5 heteroatoms. The van der Waals surface area contributed by atoms with E-state index in [0.29, 0.717) is 12.0 Å². The van der Waals surface area contributed by atoms with Gasteiger partial charge in [0.15, 0.2) is 0 Å². The van der Waals surface area contributed by atoms with Crippen LogP contribution in [0.3, 0.4) is 0 Å². The summed E-state index contributed by atoms with van der Waals surface area (Å²) in [4.78, 5) is 10.6. The minimum absolute atomic E-state index is 0.0970. The molecule has 0 aliphatic rings. The number of hydrogen-bond acceptors (Lipinski definition) is 4. The predicted molar refractivity (Wildman–Crippen MR) is 70.4 cm³/mol. The summed E-state index contributed by atoms with van der Waals surface area (Å²) in [5.41, 5.74) is 0.793. The molecule has 3 unspecified atom stereocenters. The molecule has 2 N–H and O–H groups in total. The van der Waals surface area contributed by atoms with E-state index in [4.69, 9.17) is 0 Å². The van der Waals surface area contributed by atoms with Crippen LogP contribution in [0.5, 0.6) is 0 Å². The van der Waals surface area contributed by atoms with Crippen molar-refractivity contribution >= 4 is 5.69 Å². The van der Waals surface area contributed by atoms with E-state index in [2.05, 4.69) is 5.32 Å². The molecule has 0 radical (unpaired) electrons. The average Bonchev–Trinajstić information content (AvgIpc) is 2.27. The van der Waals surface area contributed by atoms with Gasteiger partial charge in [-0.1, -0.05) is 18.2 Å². The lowest BCUT2D eigenvalue weighted by atomic mass is 10.0. The summed E-state index contributed by atoms with van der Waals surface area (Å²) < 4.78 is 0. The zero-order chi connectivity index (χ0) is 13.7. The maximum atomic E-state index is 10.9. The molecule has 0 saturated heterocycles. The molecule has 3 atom stereocenters.